The summed E-state index contributed by atoms with van der Waals surface area (Å²) in [5, 5.41) is 0. The van der Waals surface area contributed by atoms with Gasteiger partial charge in [0.2, 0.25) is 0 Å². The maximum atomic E-state index is 5.54. The normalized spacial score (nSPS) is 19.5. The molecular weight excluding hydrogens is 324 g/mol. The maximum Gasteiger partial charge on any atom is 0.161 e. The molecule has 2 atom stereocenters. The van der Waals surface area contributed by atoms with Crippen LogP contribution in [0.25, 0.3) is 0 Å². The fraction of sp³-hybridized carbons (Fsp3) is 0.368. The highest BCUT2D eigenvalue weighted by atomic mass is 17.2. The predicted molar refractivity (Wildman–Crippen MR) is 91.4 cm³/mol. The zero-order valence-corrected chi connectivity index (χ0v) is 14.8. The van der Waals surface area contributed by atoms with E-state index in [9.17, 15) is 0 Å². The van der Waals surface area contributed by atoms with Gasteiger partial charge in [-0.1, -0.05) is 12.1 Å². The lowest BCUT2D eigenvalue weighted by molar-refractivity contribution is -0.300. The van der Waals surface area contributed by atoms with Gasteiger partial charge >= 0.3 is 0 Å². The molecule has 1 heterocycles. The van der Waals surface area contributed by atoms with Crippen molar-refractivity contribution in [2.75, 3.05) is 28.4 Å². The Morgan fingerprint density at radius 1 is 0.640 bits per heavy atom. The van der Waals surface area contributed by atoms with Crippen molar-refractivity contribution in [3.8, 4) is 23.0 Å². The van der Waals surface area contributed by atoms with Crippen LogP contribution in [-0.4, -0.2) is 28.4 Å². The van der Waals surface area contributed by atoms with Crippen LogP contribution in [0.5, 0.6) is 23.0 Å². The molecule has 0 amide bonds. The van der Waals surface area contributed by atoms with Gasteiger partial charge in [0, 0.05) is 6.42 Å². The second-order valence-corrected chi connectivity index (χ2v) is 5.63. The lowest BCUT2D eigenvalue weighted by Gasteiger charge is -2.12. The molecule has 1 aliphatic heterocycles. The zero-order chi connectivity index (χ0) is 17.8. The molecule has 1 aliphatic rings. The average molecular weight is 346 g/mol. The Kier molecular flexibility index (Phi) is 5.31. The summed E-state index contributed by atoms with van der Waals surface area (Å²) in [6, 6.07) is 11.4. The fourth-order valence-electron chi connectivity index (χ4n) is 2.90. The van der Waals surface area contributed by atoms with Crippen LogP contribution in [0, 0.1) is 0 Å². The summed E-state index contributed by atoms with van der Waals surface area (Å²) in [5.41, 5.74) is 1.95. The van der Waals surface area contributed by atoms with Crippen LogP contribution in [0.1, 0.15) is 29.8 Å². The van der Waals surface area contributed by atoms with Crippen LogP contribution in [0.2, 0.25) is 0 Å². The molecule has 3 rings (SSSR count). The summed E-state index contributed by atoms with van der Waals surface area (Å²) in [4.78, 5) is 11.1. The van der Waals surface area contributed by atoms with Crippen LogP contribution < -0.4 is 18.9 Å². The third kappa shape index (κ3) is 3.50. The molecule has 2 aromatic carbocycles. The van der Waals surface area contributed by atoms with Crippen molar-refractivity contribution in [1.29, 1.82) is 0 Å². The van der Waals surface area contributed by atoms with E-state index in [2.05, 4.69) is 0 Å². The number of benzene rings is 2. The predicted octanol–water partition coefficient (Wildman–Crippen LogP) is 3.86. The Morgan fingerprint density at radius 2 is 1.04 bits per heavy atom. The Hall–Kier alpha value is -2.44. The van der Waals surface area contributed by atoms with Crippen LogP contribution >= 0.6 is 0 Å². The van der Waals surface area contributed by atoms with Crippen molar-refractivity contribution in [2.45, 2.75) is 18.6 Å². The van der Waals surface area contributed by atoms with Crippen molar-refractivity contribution >= 4 is 0 Å². The summed E-state index contributed by atoms with van der Waals surface area (Å²) in [7, 11) is 6.44. The molecule has 0 radical (unpaired) electrons. The van der Waals surface area contributed by atoms with E-state index in [-0.39, 0.29) is 12.2 Å². The van der Waals surface area contributed by atoms with Gasteiger partial charge in [0.05, 0.1) is 28.4 Å². The van der Waals surface area contributed by atoms with E-state index in [0.717, 1.165) is 11.1 Å². The van der Waals surface area contributed by atoms with Crippen molar-refractivity contribution in [3.05, 3.63) is 47.5 Å². The second kappa shape index (κ2) is 7.63. The fourth-order valence-corrected chi connectivity index (χ4v) is 2.90. The first-order valence-electron chi connectivity index (χ1n) is 7.96. The van der Waals surface area contributed by atoms with Gasteiger partial charge in [-0.15, -0.1) is 0 Å². The third-order valence-electron chi connectivity index (χ3n) is 4.27. The molecule has 2 aromatic rings. The molecule has 0 aliphatic carbocycles. The molecule has 0 N–H and O–H groups in total. The Balaban J connectivity index is 1.78. The van der Waals surface area contributed by atoms with Gasteiger partial charge in [-0.05, 0) is 35.4 Å². The SMILES string of the molecule is COc1ccc([C@@H]2C[C@H](c3ccc(OC)c(OC)c3)OO2)cc1OC. The van der Waals surface area contributed by atoms with Crippen molar-refractivity contribution < 1.29 is 28.7 Å². The van der Waals surface area contributed by atoms with E-state index >= 15 is 0 Å². The highest BCUT2D eigenvalue weighted by molar-refractivity contribution is 5.45. The first kappa shape index (κ1) is 17.4. The summed E-state index contributed by atoms with van der Waals surface area (Å²) < 4.78 is 21.2. The van der Waals surface area contributed by atoms with E-state index in [1.54, 1.807) is 28.4 Å². The van der Waals surface area contributed by atoms with Crippen molar-refractivity contribution in [3.63, 3.8) is 0 Å². The molecule has 25 heavy (non-hydrogen) atoms. The Bertz CT molecular complexity index is 668. The molecule has 134 valence electrons. The number of hydrogen-bond donors (Lipinski definition) is 0. The third-order valence-corrected chi connectivity index (χ3v) is 4.27. The minimum absolute atomic E-state index is 0.182. The largest absolute Gasteiger partial charge is 0.493 e. The summed E-state index contributed by atoms with van der Waals surface area (Å²) >= 11 is 0. The molecule has 0 bridgehead atoms. The highest BCUT2D eigenvalue weighted by Crippen LogP contribution is 2.43. The van der Waals surface area contributed by atoms with Crippen molar-refractivity contribution in [1.82, 2.24) is 0 Å². The second-order valence-electron chi connectivity index (χ2n) is 5.63. The summed E-state index contributed by atoms with van der Waals surface area (Å²) in [5.74, 6) is 2.69. The average Bonchev–Trinajstić information content (AvgIpc) is 3.17. The van der Waals surface area contributed by atoms with Crippen LogP contribution in [-0.2, 0) is 9.78 Å². The van der Waals surface area contributed by atoms with E-state index in [0.29, 0.717) is 29.4 Å². The smallest absolute Gasteiger partial charge is 0.161 e. The van der Waals surface area contributed by atoms with Crippen molar-refractivity contribution in [2.24, 2.45) is 0 Å². The zero-order valence-electron chi connectivity index (χ0n) is 14.8. The topological polar surface area (TPSA) is 55.4 Å². The van der Waals surface area contributed by atoms with E-state index in [1.165, 1.54) is 0 Å². The summed E-state index contributed by atoms with van der Waals surface area (Å²) in [6.45, 7) is 0. The van der Waals surface area contributed by atoms with Crippen LogP contribution in [0.3, 0.4) is 0 Å². The molecule has 6 nitrogen and oxygen atoms in total. The summed E-state index contributed by atoms with van der Waals surface area (Å²) in [6.07, 6.45) is 0.320. The van der Waals surface area contributed by atoms with E-state index < -0.39 is 0 Å². The molecule has 6 heteroatoms. The van der Waals surface area contributed by atoms with Gasteiger partial charge in [0.25, 0.3) is 0 Å². The van der Waals surface area contributed by atoms with Crippen LogP contribution in [0.4, 0.5) is 0 Å². The molecule has 0 spiro atoms. The molecule has 1 fully saturated rings. The lowest BCUT2D eigenvalue weighted by atomic mass is 9.99. The van der Waals surface area contributed by atoms with Gasteiger partial charge in [-0.25, -0.2) is 9.78 Å². The number of methoxy groups -OCH3 is 4. The molecule has 1 saturated heterocycles. The van der Waals surface area contributed by atoms with Gasteiger partial charge in [-0.2, -0.15) is 0 Å². The number of hydrogen-bond acceptors (Lipinski definition) is 6. The first-order valence-corrected chi connectivity index (χ1v) is 7.96. The molecule has 0 aromatic heterocycles. The van der Waals surface area contributed by atoms with Gasteiger partial charge < -0.3 is 18.9 Å². The Labute approximate surface area is 147 Å². The monoisotopic (exact) mass is 346 g/mol. The minimum atomic E-state index is -0.182. The standard InChI is InChI=1S/C19H22O6/c1-20-14-7-5-12(9-18(14)22-3)16-11-17(25-24-16)13-6-8-15(21-2)19(10-13)23-4/h5-10,16-17H,11H2,1-4H3/t16-,17+. The van der Waals surface area contributed by atoms with E-state index in [1.807, 2.05) is 36.4 Å². The Morgan fingerprint density at radius 3 is 1.40 bits per heavy atom. The molecular formula is C19H22O6. The molecule has 0 unspecified atom stereocenters. The lowest BCUT2D eigenvalue weighted by Crippen LogP contribution is -1.99. The molecule has 0 saturated carbocycles. The van der Waals surface area contributed by atoms with Gasteiger partial charge in [0.1, 0.15) is 12.2 Å². The number of ether oxygens (including phenoxy) is 4. The van der Waals surface area contributed by atoms with Gasteiger partial charge in [0.15, 0.2) is 23.0 Å². The quantitative estimate of drug-likeness (QED) is 0.741. The van der Waals surface area contributed by atoms with E-state index in [4.69, 9.17) is 28.7 Å². The minimum Gasteiger partial charge on any atom is -0.493 e. The maximum absolute atomic E-state index is 5.54. The number of rotatable bonds is 6. The van der Waals surface area contributed by atoms with Gasteiger partial charge in [-0.3, -0.25) is 0 Å². The van der Waals surface area contributed by atoms with Crippen LogP contribution in [0.15, 0.2) is 36.4 Å². The first-order chi connectivity index (χ1) is 12.2. The highest BCUT2D eigenvalue weighted by Gasteiger charge is 2.31.